The molecule has 114 valence electrons. The quantitative estimate of drug-likeness (QED) is 0.762. The highest BCUT2D eigenvalue weighted by Gasteiger charge is 2.12. The van der Waals surface area contributed by atoms with Crippen molar-refractivity contribution in [2.45, 2.75) is 52.5 Å². The zero-order valence-electron chi connectivity index (χ0n) is 12.8. The van der Waals surface area contributed by atoms with Gasteiger partial charge in [0.05, 0.1) is 5.69 Å². The first-order chi connectivity index (χ1) is 10.1. The van der Waals surface area contributed by atoms with E-state index >= 15 is 0 Å². The molecule has 0 aliphatic carbocycles. The van der Waals surface area contributed by atoms with Gasteiger partial charge in [0.15, 0.2) is 0 Å². The van der Waals surface area contributed by atoms with E-state index in [1.54, 1.807) is 18.2 Å². The maximum atomic E-state index is 9.91. The van der Waals surface area contributed by atoms with Crippen molar-refractivity contribution < 1.29 is 10.2 Å². The summed E-state index contributed by atoms with van der Waals surface area (Å²) in [5.74, 6) is 0.262. The molecule has 0 fully saturated rings. The van der Waals surface area contributed by atoms with E-state index in [2.05, 4.69) is 12.0 Å². The fourth-order valence-electron chi connectivity index (χ4n) is 2.55. The Hall–Kier alpha value is -1.97. The Morgan fingerprint density at radius 2 is 1.81 bits per heavy atom. The van der Waals surface area contributed by atoms with Crippen LogP contribution in [0.4, 0.5) is 0 Å². The van der Waals surface area contributed by atoms with Crippen molar-refractivity contribution in [1.82, 2.24) is 9.78 Å². The van der Waals surface area contributed by atoms with E-state index in [0.717, 1.165) is 24.4 Å². The van der Waals surface area contributed by atoms with Crippen LogP contribution >= 0.6 is 0 Å². The molecule has 2 N–H and O–H groups in total. The van der Waals surface area contributed by atoms with E-state index in [1.807, 2.05) is 17.7 Å². The molecule has 0 saturated heterocycles. The summed E-state index contributed by atoms with van der Waals surface area (Å²) < 4.78 is 2.00. The first kappa shape index (κ1) is 15.4. The van der Waals surface area contributed by atoms with E-state index < -0.39 is 0 Å². The van der Waals surface area contributed by atoms with Crippen molar-refractivity contribution in [3.8, 4) is 11.5 Å². The molecule has 21 heavy (non-hydrogen) atoms. The van der Waals surface area contributed by atoms with Crippen LogP contribution in [0, 0.1) is 6.92 Å². The Morgan fingerprint density at radius 1 is 1.10 bits per heavy atom. The number of phenols is 2. The summed E-state index contributed by atoms with van der Waals surface area (Å²) in [5.41, 5.74) is 2.56. The molecule has 4 nitrogen and oxygen atoms in total. The van der Waals surface area contributed by atoms with Gasteiger partial charge in [0.1, 0.15) is 11.5 Å². The predicted molar refractivity (Wildman–Crippen MR) is 83.7 cm³/mol. The zero-order valence-corrected chi connectivity index (χ0v) is 12.8. The minimum atomic E-state index is 0.131. The average Bonchev–Trinajstić information content (AvgIpc) is 2.79. The summed E-state index contributed by atoms with van der Waals surface area (Å²) in [6, 6.07) is 6.86. The van der Waals surface area contributed by atoms with Crippen molar-refractivity contribution in [3.05, 3.63) is 41.2 Å². The number of phenolic OH excluding ortho intramolecular Hbond substituents is 2. The SMILES string of the molecule is CCCCCCn1nc(C)cc1Cc1c(O)cccc1O. The van der Waals surface area contributed by atoms with Gasteiger partial charge in [-0.1, -0.05) is 32.3 Å². The molecule has 0 unspecified atom stereocenters. The predicted octanol–water partition coefficient (Wildman–Crippen LogP) is 3.77. The molecule has 4 heteroatoms. The molecule has 0 atom stereocenters. The highest BCUT2D eigenvalue weighted by Crippen LogP contribution is 2.29. The third-order valence-corrected chi connectivity index (χ3v) is 3.69. The van der Waals surface area contributed by atoms with Gasteiger partial charge in [-0.25, -0.2) is 0 Å². The lowest BCUT2D eigenvalue weighted by molar-refractivity contribution is 0.438. The molecule has 1 heterocycles. The highest BCUT2D eigenvalue weighted by molar-refractivity contribution is 5.45. The van der Waals surface area contributed by atoms with Crippen LogP contribution in [0.1, 0.15) is 49.6 Å². The second-order valence-electron chi connectivity index (χ2n) is 5.51. The first-order valence-corrected chi connectivity index (χ1v) is 7.65. The zero-order chi connectivity index (χ0) is 15.2. The maximum absolute atomic E-state index is 9.91. The fourth-order valence-corrected chi connectivity index (χ4v) is 2.55. The van der Waals surface area contributed by atoms with Crippen molar-refractivity contribution in [3.63, 3.8) is 0 Å². The van der Waals surface area contributed by atoms with E-state index in [1.165, 1.54) is 19.3 Å². The van der Waals surface area contributed by atoms with E-state index in [9.17, 15) is 10.2 Å². The van der Waals surface area contributed by atoms with Gasteiger partial charge in [-0.15, -0.1) is 0 Å². The molecule has 0 spiro atoms. The standard InChI is InChI=1S/C17H24N2O2/c1-3-4-5-6-10-19-14(11-13(2)18-19)12-15-16(20)8-7-9-17(15)21/h7-9,11,20-21H,3-6,10,12H2,1-2H3. The normalized spacial score (nSPS) is 11.0. The summed E-state index contributed by atoms with van der Waals surface area (Å²) >= 11 is 0. The topological polar surface area (TPSA) is 58.3 Å². The maximum Gasteiger partial charge on any atom is 0.122 e. The number of rotatable bonds is 7. The number of benzene rings is 1. The minimum Gasteiger partial charge on any atom is -0.508 e. The molecule has 0 amide bonds. The number of aromatic nitrogens is 2. The lowest BCUT2D eigenvalue weighted by atomic mass is 10.1. The highest BCUT2D eigenvalue weighted by atomic mass is 16.3. The van der Waals surface area contributed by atoms with Crippen LogP contribution in [-0.2, 0) is 13.0 Å². The number of unbranched alkanes of at least 4 members (excludes halogenated alkanes) is 3. The van der Waals surface area contributed by atoms with Crippen LogP contribution in [0.5, 0.6) is 11.5 Å². The Labute approximate surface area is 126 Å². The summed E-state index contributed by atoms with van der Waals surface area (Å²) in [7, 11) is 0. The largest absolute Gasteiger partial charge is 0.508 e. The molecule has 0 aliphatic heterocycles. The molecule has 0 saturated carbocycles. The number of aryl methyl sites for hydroxylation is 2. The number of hydrogen-bond donors (Lipinski definition) is 2. The minimum absolute atomic E-state index is 0.131. The van der Waals surface area contributed by atoms with E-state index in [-0.39, 0.29) is 11.5 Å². The number of hydrogen-bond acceptors (Lipinski definition) is 3. The third-order valence-electron chi connectivity index (χ3n) is 3.69. The first-order valence-electron chi connectivity index (χ1n) is 7.65. The average molecular weight is 288 g/mol. The number of nitrogens with zero attached hydrogens (tertiary/aromatic N) is 2. The van der Waals surface area contributed by atoms with Crippen LogP contribution < -0.4 is 0 Å². The van der Waals surface area contributed by atoms with E-state index in [4.69, 9.17) is 0 Å². The van der Waals surface area contributed by atoms with Crippen LogP contribution in [0.25, 0.3) is 0 Å². The Balaban J connectivity index is 2.12. The summed E-state index contributed by atoms with van der Waals surface area (Å²) in [5, 5.41) is 24.3. The summed E-state index contributed by atoms with van der Waals surface area (Å²) in [4.78, 5) is 0. The molecule has 1 aromatic carbocycles. The van der Waals surface area contributed by atoms with Crippen LogP contribution in [0.3, 0.4) is 0 Å². The van der Waals surface area contributed by atoms with Crippen LogP contribution in [0.15, 0.2) is 24.3 Å². The lowest BCUT2D eigenvalue weighted by Gasteiger charge is -2.10. The van der Waals surface area contributed by atoms with Gasteiger partial charge in [-0.3, -0.25) is 4.68 Å². The van der Waals surface area contributed by atoms with Gasteiger partial charge >= 0.3 is 0 Å². The van der Waals surface area contributed by atoms with Crippen molar-refractivity contribution in [2.24, 2.45) is 0 Å². The van der Waals surface area contributed by atoms with E-state index in [0.29, 0.717) is 12.0 Å². The van der Waals surface area contributed by atoms with Gasteiger partial charge < -0.3 is 10.2 Å². The van der Waals surface area contributed by atoms with Gasteiger partial charge in [0.2, 0.25) is 0 Å². The Kier molecular flexibility index (Phi) is 5.26. The number of aromatic hydroxyl groups is 2. The van der Waals surface area contributed by atoms with Gasteiger partial charge in [-0.2, -0.15) is 5.10 Å². The second-order valence-corrected chi connectivity index (χ2v) is 5.51. The van der Waals surface area contributed by atoms with Crippen molar-refractivity contribution in [1.29, 1.82) is 0 Å². The molecule has 1 aromatic heterocycles. The summed E-state index contributed by atoms with van der Waals surface area (Å²) in [6.07, 6.45) is 5.27. The van der Waals surface area contributed by atoms with Crippen molar-refractivity contribution >= 4 is 0 Å². The Morgan fingerprint density at radius 3 is 2.48 bits per heavy atom. The molecule has 0 aliphatic rings. The van der Waals surface area contributed by atoms with Gasteiger partial charge in [0.25, 0.3) is 0 Å². The van der Waals surface area contributed by atoms with Gasteiger partial charge in [-0.05, 0) is 31.5 Å². The summed E-state index contributed by atoms with van der Waals surface area (Å²) in [6.45, 7) is 5.05. The fraction of sp³-hybridized carbons (Fsp3) is 0.471. The smallest absolute Gasteiger partial charge is 0.122 e. The molecule has 0 bridgehead atoms. The Bertz CT molecular complexity index is 570. The molecular formula is C17H24N2O2. The van der Waals surface area contributed by atoms with Gasteiger partial charge in [0, 0.05) is 24.2 Å². The monoisotopic (exact) mass is 288 g/mol. The third kappa shape index (κ3) is 4.00. The van der Waals surface area contributed by atoms with Crippen molar-refractivity contribution in [2.75, 3.05) is 0 Å². The lowest BCUT2D eigenvalue weighted by Crippen LogP contribution is -2.06. The molecule has 2 aromatic rings. The van der Waals surface area contributed by atoms with Crippen LogP contribution in [-0.4, -0.2) is 20.0 Å². The molecule has 0 radical (unpaired) electrons. The second kappa shape index (κ2) is 7.16. The van der Waals surface area contributed by atoms with Crippen LogP contribution in [0.2, 0.25) is 0 Å². The molecule has 2 rings (SSSR count). The molecular weight excluding hydrogens is 264 g/mol.